The number of sulfone groups is 1. The first kappa shape index (κ1) is 26.3. The van der Waals surface area contributed by atoms with E-state index in [2.05, 4.69) is 23.6 Å². The number of hydrogen-bond donors (Lipinski definition) is 2. The second-order valence-electron chi connectivity index (χ2n) is 10.5. The average molecular weight is 524 g/mol. The molecule has 0 aliphatic carbocycles. The van der Waals surface area contributed by atoms with E-state index in [4.69, 9.17) is 0 Å². The van der Waals surface area contributed by atoms with Crippen LogP contribution in [0.25, 0.3) is 0 Å². The van der Waals surface area contributed by atoms with Crippen LogP contribution in [0.3, 0.4) is 0 Å². The van der Waals surface area contributed by atoms with E-state index in [0.29, 0.717) is 23.3 Å². The van der Waals surface area contributed by atoms with Crippen molar-refractivity contribution in [2.75, 3.05) is 42.6 Å². The first-order chi connectivity index (χ1) is 16.7. The van der Waals surface area contributed by atoms with E-state index in [1.54, 1.807) is 41.5 Å². The molecule has 0 bridgehead atoms. The maximum absolute atomic E-state index is 13.5. The van der Waals surface area contributed by atoms with Crippen molar-refractivity contribution >= 4 is 39.1 Å². The fraction of sp³-hybridized carbons (Fsp3) is 0.680. The van der Waals surface area contributed by atoms with Crippen LogP contribution in [0.5, 0.6) is 0 Å². The molecule has 0 aromatic heterocycles. The van der Waals surface area contributed by atoms with Crippen molar-refractivity contribution in [1.29, 1.82) is 0 Å². The number of nitrogens with zero attached hydrogens (tertiary/aromatic N) is 2. The number of nitrogens with one attached hydrogen (secondary N) is 1. The minimum Gasteiger partial charge on any atom is -0.371 e. The van der Waals surface area contributed by atoms with Crippen LogP contribution in [-0.2, 0) is 19.4 Å². The van der Waals surface area contributed by atoms with E-state index in [1.165, 1.54) is 6.42 Å². The Morgan fingerprint density at radius 1 is 1.03 bits per heavy atom. The Hall–Kier alpha value is -1.78. The third-order valence-electron chi connectivity index (χ3n) is 7.87. The summed E-state index contributed by atoms with van der Waals surface area (Å²) in [6, 6.07) is 6.69. The van der Waals surface area contributed by atoms with Gasteiger partial charge in [0.1, 0.15) is 0 Å². The molecule has 0 radical (unpaired) electrons. The summed E-state index contributed by atoms with van der Waals surface area (Å²) in [6.07, 6.45) is 3.10. The maximum atomic E-state index is 13.5. The summed E-state index contributed by atoms with van der Waals surface area (Å²) in [6.45, 7) is 7.63. The summed E-state index contributed by atoms with van der Waals surface area (Å²) in [4.78, 5) is 29.9. The fourth-order valence-corrected chi connectivity index (χ4v) is 9.39. The van der Waals surface area contributed by atoms with Gasteiger partial charge in [-0.25, -0.2) is 13.9 Å². The summed E-state index contributed by atoms with van der Waals surface area (Å²) < 4.78 is 25.3. The predicted octanol–water partition coefficient (Wildman–Crippen LogP) is 2.95. The van der Waals surface area contributed by atoms with Gasteiger partial charge in [0.2, 0.25) is 5.91 Å². The minimum atomic E-state index is -3.98. The molecule has 2 unspecified atom stereocenters. The molecular formula is C25H37N3O5S2. The largest absolute Gasteiger partial charge is 0.371 e. The van der Waals surface area contributed by atoms with Crippen LogP contribution in [-0.4, -0.2) is 72.8 Å². The quantitative estimate of drug-likeness (QED) is 0.451. The van der Waals surface area contributed by atoms with E-state index in [1.807, 2.05) is 0 Å². The van der Waals surface area contributed by atoms with Crippen LogP contribution < -0.4 is 10.4 Å². The molecule has 2 atom stereocenters. The van der Waals surface area contributed by atoms with E-state index in [0.717, 1.165) is 44.7 Å². The van der Waals surface area contributed by atoms with Crippen molar-refractivity contribution in [3.05, 3.63) is 24.3 Å². The van der Waals surface area contributed by atoms with Crippen LogP contribution >= 0.6 is 11.8 Å². The number of carbonyl (C=O) groups is 2. The molecule has 2 amide bonds. The van der Waals surface area contributed by atoms with E-state index < -0.39 is 20.5 Å². The van der Waals surface area contributed by atoms with Crippen molar-refractivity contribution < 1.29 is 23.2 Å². The lowest BCUT2D eigenvalue weighted by atomic mass is 9.89. The van der Waals surface area contributed by atoms with Gasteiger partial charge in [-0.1, -0.05) is 13.8 Å². The number of carbonyl (C=O) groups excluding carboxylic acids is 2. The molecule has 194 valence electrons. The first-order valence-electron chi connectivity index (χ1n) is 12.6. The molecule has 1 aromatic carbocycles. The Morgan fingerprint density at radius 3 is 2.14 bits per heavy atom. The molecule has 4 rings (SSSR count). The van der Waals surface area contributed by atoms with Crippen molar-refractivity contribution in [1.82, 2.24) is 10.4 Å². The van der Waals surface area contributed by atoms with E-state index in [9.17, 15) is 23.2 Å². The maximum Gasteiger partial charge on any atom is 0.265 e. The number of piperidine rings is 2. The van der Waals surface area contributed by atoms with Gasteiger partial charge in [0.25, 0.3) is 5.91 Å². The van der Waals surface area contributed by atoms with Gasteiger partial charge in [-0.15, -0.1) is 0 Å². The summed E-state index contributed by atoms with van der Waals surface area (Å²) in [7, 11) is -3.98. The summed E-state index contributed by atoms with van der Waals surface area (Å²) in [5, 5.41) is 9.24. The SMILES string of the molecule is CC1CC(C)CN(C(=O)C2CCN(c3ccc(S(=O)(=O)C4(C(=O)NO)CCSCC4)cc3)CC2)C1. The predicted molar refractivity (Wildman–Crippen MR) is 137 cm³/mol. The van der Waals surface area contributed by atoms with Crippen molar-refractivity contribution in [2.45, 2.75) is 55.6 Å². The highest BCUT2D eigenvalue weighted by atomic mass is 32.2. The highest BCUT2D eigenvalue weighted by Gasteiger charge is 2.52. The number of anilines is 1. The highest BCUT2D eigenvalue weighted by Crippen LogP contribution is 2.39. The Balaban J connectivity index is 1.41. The Labute approximate surface area is 212 Å². The first-order valence-corrected chi connectivity index (χ1v) is 15.2. The molecule has 10 heteroatoms. The highest BCUT2D eigenvalue weighted by molar-refractivity contribution is 7.99. The Bertz CT molecular complexity index is 1010. The van der Waals surface area contributed by atoms with Gasteiger partial charge < -0.3 is 9.80 Å². The summed E-state index contributed by atoms with van der Waals surface area (Å²) in [5.74, 6) is 1.67. The molecule has 35 heavy (non-hydrogen) atoms. The lowest BCUT2D eigenvalue weighted by molar-refractivity contribution is -0.139. The molecule has 3 heterocycles. The smallest absolute Gasteiger partial charge is 0.265 e. The zero-order valence-electron chi connectivity index (χ0n) is 20.6. The topological polar surface area (TPSA) is 107 Å². The monoisotopic (exact) mass is 523 g/mol. The lowest BCUT2D eigenvalue weighted by Crippen LogP contribution is -2.53. The van der Waals surface area contributed by atoms with Crippen LogP contribution in [0, 0.1) is 17.8 Å². The Morgan fingerprint density at radius 2 is 1.60 bits per heavy atom. The average Bonchev–Trinajstić information content (AvgIpc) is 2.87. The van der Waals surface area contributed by atoms with E-state index in [-0.39, 0.29) is 29.6 Å². The van der Waals surface area contributed by atoms with Crippen molar-refractivity contribution in [3.8, 4) is 0 Å². The number of likely N-dealkylation sites (tertiary alicyclic amines) is 1. The third kappa shape index (κ3) is 5.20. The van der Waals surface area contributed by atoms with Crippen molar-refractivity contribution in [2.24, 2.45) is 17.8 Å². The molecule has 0 saturated carbocycles. The van der Waals surface area contributed by atoms with Gasteiger partial charge in [-0.3, -0.25) is 14.8 Å². The summed E-state index contributed by atoms with van der Waals surface area (Å²) in [5.41, 5.74) is 2.50. The number of amides is 2. The lowest BCUT2D eigenvalue weighted by Gasteiger charge is -2.39. The molecule has 3 aliphatic rings. The van der Waals surface area contributed by atoms with Crippen LogP contribution in [0.1, 0.15) is 46.0 Å². The van der Waals surface area contributed by atoms with Gasteiger partial charge in [0, 0.05) is 37.8 Å². The van der Waals surface area contributed by atoms with Crippen molar-refractivity contribution in [3.63, 3.8) is 0 Å². The van der Waals surface area contributed by atoms with Gasteiger partial charge >= 0.3 is 0 Å². The molecule has 8 nitrogen and oxygen atoms in total. The van der Waals surface area contributed by atoms with Gasteiger partial charge in [0.05, 0.1) is 4.90 Å². The normalized spacial score (nSPS) is 25.8. The standard InChI is InChI=1S/C25H37N3O5S2/c1-18-15-19(2)17-28(16-18)23(29)20-7-11-27(12-8-20)21-3-5-22(6-4-21)35(32,33)25(24(30)26-31)9-13-34-14-10-25/h3-6,18-20,31H,7-17H2,1-2H3,(H,26,30). The van der Waals surface area contributed by atoms with Gasteiger partial charge in [-0.2, -0.15) is 11.8 Å². The molecule has 1 aromatic rings. The second-order valence-corrected chi connectivity index (χ2v) is 14.0. The zero-order valence-corrected chi connectivity index (χ0v) is 22.2. The number of rotatable bonds is 5. The van der Waals surface area contributed by atoms with E-state index >= 15 is 0 Å². The number of hydroxylamine groups is 1. The summed E-state index contributed by atoms with van der Waals surface area (Å²) >= 11 is 1.61. The molecule has 3 fully saturated rings. The Kier molecular flexibility index (Phi) is 8.02. The van der Waals surface area contributed by atoms with Crippen LogP contribution in [0.4, 0.5) is 5.69 Å². The van der Waals surface area contributed by atoms with Crippen LogP contribution in [0.2, 0.25) is 0 Å². The molecule has 3 aliphatic heterocycles. The fourth-order valence-electron chi connectivity index (χ4n) is 5.97. The zero-order chi connectivity index (χ0) is 25.2. The van der Waals surface area contributed by atoms with Crippen LogP contribution in [0.15, 0.2) is 29.2 Å². The van der Waals surface area contributed by atoms with Gasteiger partial charge in [0.15, 0.2) is 14.6 Å². The second kappa shape index (κ2) is 10.7. The number of thioether (sulfide) groups is 1. The third-order valence-corrected chi connectivity index (χ3v) is 11.4. The number of benzene rings is 1. The molecule has 0 spiro atoms. The molecule has 3 saturated heterocycles. The number of hydrogen-bond acceptors (Lipinski definition) is 7. The molecular weight excluding hydrogens is 486 g/mol. The molecule has 2 N–H and O–H groups in total. The minimum absolute atomic E-state index is 0.0458. The van der Waals surface area contributed by atoms with Gasteiger partial charge in [-0.05, 0) is 79.7 Å².